The van der Waals surface area contributed by atoms with Crippen molar-refractivity contribution in [2.75, 3.05) is 100 Å². The molecule has 15 atom stereocenters. The molecule has 133 heavy (non-hydrogen) atoms. The topological polar surface area (TPSA) is 536 Å². The van der Waals surface area contributed by atoms with E-state index >= 15 is 19.2 Å². The van der Waals surface area contributed by atoms with Gasteiger partial charge < -0.3 is 97.4 Å². The number of carbonyl (C=O) groups excluding carboxylic acids is 16. The van der Waals surface area contributed by atoms with Crippen LogP contribution < -0.4 is 53.2 Å². The molecular formula is C89H156N22O20S2. The second-order valence-electron chi connectivity index (χ2n) is 38.0. The molecule has 4 heterocycles. The summed E-state index contributed by atoms with van der Waals surface area (Å²) in [7, 11) is 5.54. The van der Waals surface area contributed by atoms with Crippen LogP contribution in [0.2, 0.25) is 0 Å². The van der Waals surface area contributed by atoms with Crippen molar-refractivity contribution >= 4 is 122 Å². The van der Waals surface area contributed by atoms with Gasteiger partial charge in [-0.1, -0.05) is 114 Å². The highest BCUT2D eigenvalue weighted by atomic mass is 32.2. The van der Waals surface area contributed by atoms with Gasteiger partial charge in [-0.05, 0) is 156 Å². The third kappa shape index (κ3) is 36.7. The molecule has 11 N–H and O–H groups in total. The van der Waals surface area contributed by atoms with Gasteiger partial charge in [0.1, 0.15) is 60.4 Å². The zero-order valence-electron chi connectivity index (χ0n) is 82.7. The van der Waals surface area contributed by atoms with E-state index in [1.54, 1.807) is 41.5 Å². The molecule has 754 valence electrons. The maximum atomic E-state index is 15.5. The van der Waals surface area contributed by atoms with Crippen LogP contribution in [0.25, 0.3) is 0 Å². The fourth-order valence-electron chi connectivity index (χ4n) is 16.1. The Hall–Kier alpha value is -9.88. The molecule has 3 aliphatic heterocycles. The molecular weight excluding hydrogens is 1760 g/mol. The van der Waals surface area contributed by atoms with Crippen LogP contribution in [0.3, 0.4) is 0 Å². The van der Waals surface area contributed by atoms with Crippen molar-refractivity contribution in [3.63, 3.8) is 0 Å². The highest BCUT2D eigenvalue weighted by Gasteiger charge is 2.47. The molecule has 0 saturated carbocycles. The van der Waals surface area contributed by atoms with Crippen LogP contribution >= 0.6 is 11.8 Å². The molecule has 0 radical (unpaired) electrons. The van der Waals surface area contributed by atoms with Gasteiger partial charge in [0, 0.05) is 119 Å². The molecule has 17 amide bonds. The lowest BCUT2D eigenvalue weighted by Gasteiger charge is -2.41. The molecule has 0 aromatic carbocycles. The van der Waals surface area contributed by atoms with Gasteiger partial charge >= 0.3 is 6.03 Å². The van der Waals surface area contributed by atoms with Gasteiger partial charge in [-0.2, -0.15) is 11.8 Å². The summed E-state index contributed by atoms with van der Waals surface area (Å²) in [4.78, 5) is 238. The molecule has 0 aliphatic carbocycles. The van der Waals surface area contributed by atoms with Crippen LogP contribution in [0.5, 0.6) is 0 Å². The molecule has 3 saturated heterocycles. The number of thioether (sulfide) groups is 1. The van der Waals surface area contributed by atoms with E-state index in [9.17, 15) is 71.1 Å². The van der Waals surface area contributed by atoms with Crippen LogP contribution in [0.15, 0.2) is 10.3 Å². The Labute approximate surface area is 789 Å². The van der Waals surface area contributed by atoms with Crippen LogP contribution in [-0.4, -0.2) is 353 Å². The molecule has 1 aromatic heterocycles. The summed E-state index contributed by atoms with van der Waals surface area (Å²) in [5.41, 5.74) is 0. The summed E-state index contributed by atoms with van der Waals surface area (Å²) >= 11 is 1.84. The van der Waals surface area contributed by atoms with E-state index in [0.29, 0.717) is 50.3 Å². The van der Waals surface area contributed by atoms with Crippen molar-refractivity contribution in [2.45, 2.75) is 322 Å². The molecule has 42 nitrogen and oxygen atoms in total. The molecule has 1 aromatic rings. The number of nitrogens with one attached hydrogen (secondary N) is 10. The first-order chi connectivity index (χ1) is 62.4. The van der Waals surface area contributed by atoms with Gasteiger partial charge in [0.15, 0.2) is 6.61 Å². The SMILES string of the molecule is CC[C@@H]1NC(=O)[C@H]([C@H](O)[C@H](C)C/C=N\OCC(=O)NCCCC(=O)NCCCCNC(=O)CCS(=O)(=O)c2nnnn2CCCCCNC(=O)CCCC[C@@H]2SC[C@@H]3NC(=O)N[C@@H]32)N(C)C(=O)[C@H](C(C)C)N(C)C(=O)[C@H](CC(C)C)N(C)C(=O)[C@H](CC(C)C)N(C)C(=O)[C@@H](C)NC(=O)[C@H](C)NC(=O)[C@H](CC(C)C)N(C)C(=O)[C@H](C(C)C)NC(=O)[C@H](CC(C)C)N(C)C(=O)CN(C)C1=O. The van der Waals surface area contributed by atoms with Crippen LogP contribution in [-0.2, 0) is 93.1 Å². The monoisotopic (exact) mass is 1920 g/mol. The first-order valence-corrected chi connectivity index (χ1v) is 49.7. The smallest absolute Gasteiger partial charge is 0.315 e. The Morgan fingerprint density at radius 1 is 0.519 bits per heavy atom. The minimum absolute atomic E-state index is 0.0340. The summed E-state index contributed by atoms with van der Waals surface area (Å²) in [6.07, 6.45) is 5.39. The minimum Gasteiger partial charge on any atom is -0.390 e. The number of oxime groups is 1. The number of aryl methyl sites for hydroxylation is 1. The number of unbranched alkanes of at least 4 members (excludes halogenated alkanes) is 4. The summed E-state index contributed by atoms with van der Waals surface area (Å²) < 4.78 is 27.6. The Kier molecular flexibility index (Phi) is 49.0. The number of fused-ring (bicyclic) bond motifs is 1. The van der Waals surface area contributed by atoms with Gasteiger partial charge in [0.05, 0.1) is 30.5 Å². The number of aromatic nitrogens is 4. The van der Waals surface area contributed by atoms with E-state index < -0.39 is 190 Å². The Morgan fingerprint density at radius 3 is 1.58 bits per heavy atom. The number of urea groups is 1. The van der Waals surface area contributed by atoms with E-state index in [4.69, 9.17) is 4.84 Å². The van der Waals surface area contributed by atoms with Crippen LogP contribution in [0.1, 0.15) is 226 Å². The Bertz CT molecular complexity index is 4190. The number of hydrogen-bond acceptors (Lipinski definition) is 25. The second kappa shape index (κ2) is 56.5. The third-order valence-corrected chi connectivity index (χ3v) is 27.2. The summed E-state index contributed by atoms with van der Waals surface area (Å²) in [6.45, 7) is 27.4. The highest BCUT2D eigenvalue weighted by molar-refractivity contribution is 8.00. The molecule has 44 heteroatoms. The zero-order chi connectivity index (χ0) is 100. The quantitative estimate of drug-likeness (QED) is 0.0191. The lowest BCUT2D eigenvalue weighted by Crippen LogP contribution is -2.63. The van der Waals surface area contributed by atoms with Gasteiger partial charge in [-0.25, -0.2) is 17.9 Å². The van der Waals surface area contributed by atoms with E-state index in [1.807, 2.05) is 67.2 Å². The van der Waals surface area contributed by atoms with Crippen molar-refractivity contribution in [3.05, 3.63) is 0 Å². The number of aliphatic hydroxyl groups is 1. The van der Waals surface area contributed by atoms with E-state index in [1.165, 1.54) is 93.7 Å². The van der Waals surface area contributed by atoms with Crippen LogP contribution in [0, 0.1) is 41.4 Å². The minimum atomic E-state index is -4.02. The number of likely N-dealkylation sites (N-methyl/N-ethyl adjacent to an activating group) is 7. The number of rotatable bonds is 42. The van der Waals surface area contributed by atoms with Crippen molar-refractivity contribution in [2.24, 2.45) is 46.6 Å². The Balaban J connectivity index is 1.43. The number of sulfone groups is 1. The number of nitrogens with zero attached hydrogens (tertiary/aromatic N) is 12. The molecule has 0 unspecified atom stereocenters. The average molecular weight is 1920 g/mol. The maximum absolute atomic E-state index is 15.5. The van der Waals surface area contributed by atoms with Gasteiger partial charge in [-0.15, -0.1) is 0 Å². The molecule has 0 bridgehead atoms. The third-order valence-electron chi connectivity index (χ3n) is 24.1. The number of aliphatic hydroxyl groups excluding tert-OH is 1. The molecule has 3 fully saturated rings. The number of hydrogen-bond donors (Lipinski definition) is 11. The first kappa shape index (κ1) is 115. The molecule has 3 aliphatic rings. The predicted molar refractivity (Wildman–Crippen MR) is 501 cm³/mol. The normalized spacial score (nSPS) is 24.0. The van der Waals surface area contributed by atoms with Crippen LogP contribution in [0.4, 0.5) is 4.79 Å². The predicted octanol–water partition coefficient (Wildman–Crippen LogP) is 1.47. The fraction of sp³-hybridized carbons (Fsp3) is 0.798. The number of amides is 17. The van der Waals surface area contributed by atoms with Crippen molar-refractivity contribution in [1.82, 2.24) is 108 Å². The molecule has 0 spiro atoms. The first-order valence-electron chi connectivity index (χ1n) is 47.0. The van der Waals surface area contributed by atoms with Gasteiger partial charge in [0.2, 0.25) is 92.5 Å². The lowest BCUT2D eigenvalue weighted by molar-refractivity contribution is -0.157. The second-order valence-corrected chi connectivity index (χ2v) is 41.3. The van der Waals surface area contributed by atoms with Crippen molar-refractivity contribution < 1.29 is 95.1 Å². The summed E-state index contributed by atoms with van der Waals surface area (Å²) in [6, 6.07) is -13.1. The molecule has 4 rings (SSSR count). The average Bonchev–Trinajstić information content (AvgIpc) is 1.74. The van der Waals surface area contributed by atoms with E-state index in [0.717, 1.165) is 39.7 Å². The summed E-state index contributed by atoms with van der Waals surface area (Å²) in [5.74, 6) is -12.4. The Morgan fingerprint density at radius 2 is 1.02 bits per heavy atom. The largest absolute Gasteiger partial charge is 0.390 e. The maximum Gasteiger partial charge on any atom is 0.315 e. The van der Waals surface area contributed by atoms with E-state index in [2.05, 4.69) is 73.8 Å². The standard InChI is InChI=1S/C89H156N22O20S2/c1-24-61-83(123)104(17)49-72(116)105(18)63(45-52(2)3)80(120)99-73(56(10)11)86(126)106(19)64(46-53(4)5)79(119)95-59(15)78(118)96-60(16)82(122)107(20)65(47-54(6)7)84(124)108(21)66(48-55(8)9)85(125)109(22)75(57(12)13)87(127)110(23)76(81(121)97-61)77(117)58(14)36-42-94-131-50-71(115)93-41-32-35-69(113)91-39-29-30-40-92-70(114)37-44-133(129,130)89-101-102-103-111(89)43-31-25-28-38-90-68(112)34-27-26-33-67-74-62(51-132-67)98-88(128)100-74/h42,52-67,73-77,117H,24-41,43-51H2,1-23H3,(H,90,112)(H,91,113)(H,92,114)(H,93,115)(H,95,119)(H,96,118)(H,97,121)(H,99,120)(H2,98,100,128)/b94-42-/t58-,59+,60-,61+,62+,63+,64+,65+,66+,67+,73+,74+,75+,76+,77-/m1/s1. The van der Waals surface area contributed by atoms with Crippen molar-refractivity contribution in [3.8, 4) is 0 Å². The highest BCUT2D eigenvalue weighted by Crippen LogP contribution is 2.34. The summed E-state index contributed by atoms with van der Waals surface area (Å²) in [5, 5.41) is 55.4. The lowest BCUT2D eigenvalue weighted by atomic mass is 9.91. The van der Waals surface area contributed by atoms with E-state index in [-0.39, 0.29) is 143 Å². The zero-order valence-corrected chi connectivity index (χ0v) is 84.3. The van der Waals surface area contributed by atoms with Crippen molar-refractivity contribution in [1.29, 1.82) is 0 Å². The fourth-order valence-corrected chi connectivity index (χ4v) is 18.9. The number of carbonyl (C=O) groups is 16. The van der Waals surface area contributed by atoms with Gasteiger partial charge in [-0.3, -0.25) is 71.9 Å². The van der Waals surface area contributed by atoms with Gasteiger partial charge in [0.25, 0.3) is 11.1 Å². The number of tetrazole rings is 1.